The van der Waals surface area contributed by atoms with Crippen molar-refractivity contribution in [2.75, 3.05) is 20.7 Å². The van der Waals surface area contributed by atoms with Crippen LogP contribution in [-0.4, -0.2) is 70.1 Å². The van der Waals surface area contributed by atoms with Crippen LogP contribution in [0, 0.1) is 17.8 Å². The Balaban J connectivity index is 1.36. The molecule has 3 heterocycles. The lowest BCUT2D eigenvalue weighted by atomic mass is 9.93. The van der Waals surface area contributed by atoms with Gasteiger partial charge in [0, 0.05) is 41.9 Å². The highest BCUT2D eigenvalue weighted by molar-refractivity contribution is 7.13. The molecule has 2 aromatic heterocycles. The number of pyridine rings is 1. The normalized spacial score (nSPS) is 27.1. The molecule has 5 atom stereocenters. The average molecular weight is 661 g/mol. The molecule has 0 spiro atoms. The molecule has 10 nitrogen and oxygen atoms in total. The minimum absolute atomic E-state index is 0.108. The van der Waals surface area contributed by atoms with Crippen LogP contribution in [0.5, 0.6) is 11.5 Å². The smallest absolute Gasteiger partial charge is 0.330 e. The van der Waals surface area contributed by atoms with Crippen LogP contribution < -0.4 is 14.8 Å². The van der Waals surface area contributed by atoms with E-state index in [0.717, 1.165) is 52.2 Å². The number of carboxylic acid groups (broad SMARTS) is 1. The van der Waals surface area contributed by atoms with Gasteiger partial charge in [-0.15, -0.1) is 11.3 Å². The third-order valence-electron chi connectivity index (χ3n) is 9.98. The van der Waals surface area contributed by atoms with Gasteiger partial charge in [0.05, 0.1) is 30.2 Å². The maximum atomic E-state index is 13.9. The molecule has 2 N–H and O–H groups in total. The first-order valence-corrected chi connectivity index (χ1v) is 17.5. The Bertz CT molecular complexity index is 1720. The van der Waals surface area contributed by atoms with Crippen LogP contribution in [0.15, 0.2) is 35.7 Å². The number of nitrogens with zero attached hydrogens (tertiary/aromatic N) is 3. The molecular weight excluding hydrogens is 616 g/mol. The number of nitrogens with one attached hydrogen (secondary N) is 1. The van der Waals surface area contributed by atoms with Crippen molar-refractivity contribution in [1.29, 1.82) is 0 Å². The molecule has 1 aliphatic heterocycles. The number of hydrogen-bond acceptors (Lipinski definition) is 8. The van der Waals surface area contributed by atoms with Gasteiger partial charge in [-0.2, -0.15) is 0 Å². The zero-order valence-corrected chi connectivity index (χ0v) is 28.6. The number of carboxylic acids is 1. The standard InChI is InChI=1S/C36H44N4O6S/c1-6-23-29(45-5)13-12-24-30(17-27(37-31(23)24)33-38-28(19-47-33)20(2)3)46-22-15-25-26(16-22)34(42)40(4)14-10-8-7-9-11-21-18-36(21,35(43)44)39-32(25)41/h9,11-13,17,19-22,25-26H,6-8,10,14-16,18H2,1-5H3,(H,39,41)(H,43,44)/b11-9+. The second kappa shape index (κ2) is 13.3. The molecule has 2 amide bonds. The molecule has 250 valence electrons. The number of carbonyl (C=O) groups excluding carboxylic acids is 2. The molecule has 11 heteroatoms. The van der Waals surface area contributed by atoms with Crippen molar-refractivity contribution in [3.63, 3.8) is 0 Å². The molecule has 47 heavy (non-hydrogen) atoms. The van der Waals surface area contributed by atoms with Gasteiger partial charge in [-0.05, 0) is 63.0 Å². The number of carbonyl (C=O) groups is 3. The zero-order chi connectivity index (χ0) is 33.5. The summed E-state index contributed by atoms with van der Waals surface area (Å²) in [6.45, 7) is 6.87. The van der Waals surface area contributed by atoms with Gasteiger partial charge in [-0.1, -0.05) is 32.9 Å². The van der Waals surface area contributed by atoms with Gasteiger partial charge in [0.1, 0.15) is 33.8 Å². The number of benzene rings is 1. The van der Waals surface area contributed by atoms with Crippen molar-refractivity contribution in [2.24, 2.45) is 17.8 Å². The van der Waals surface area contributed by atoms with Crippen molar-refractivity contribution >= 4 is 40.0 Å². The largest absolute Gasteiger partial charge is 0.496 e. The Morgan fingerprint density at radius 1 is 1.17 bits per heavy atom. The van der Waals surface area contributed by atoms with E-state index < -0.39 is 35.4 Å². The Morgan fingerprint density at radius 3 is 2.66 bits per heavy atom. The summed E-state index contributed by atoms with van der Waals surface area (Å²) >= 11 is 1.54. The fraction of sp³-hybridized carbons (Fsp3) is 0.528. The maximum Gasteiger partial charge on any atom is 0.330 e. The highest BCUT2D eigenvalue weighted by atomic mass is 32.1. The number of rotatable bonds is 7. The van der Waals surface area contributed by atoms with Crippen LogP contribution >= 0.6 is 11.3 Å². The number of aliphatic carboxylic acids is 1. The Morgan fingerprint density at radius 2 is 1.96 bits per heavy atom. The van der Waals surface area contributed by atoms with Gasteiger partial charge >= 0.3 is 5.97 Å². The number of ether oxygens (including phenoxy) is 2. The van der Waals surface area contributed by atoms with Crippen LogP contribution in [0.4, 0.5) is 0 Å². The summed E-state index contributed by atoms with van der Waals surface area (Å²) in [5, 5.41) is 16.6. The van der Waals surface area contributed by atoms with Gasteiger partial charge < -0.3 is 24.8 Å². The molecule has 6 rings (SSSR count). The molecule has 2 saturated carbocycles. The molecule has 0 radical (unpaired) electrons. The van der Waals surface area contributed by atoms with Crippen molar-refractivity contribution in [3.8, 4) is 22.2 Å². The van der Waals surface area contributed by atoms with Crippen LogP contribution in [0.3, 0.4) is 0 Å². The molecule has 0 saturated heterocycles. The first-order chi connectivity index (χ1) is 22.6. The van der Waals surface area contributed by atoms with Crippen molar-refractivity contribution < 1.29 is 29.0 Å². The number of amides is 2. The summed E-state index contributed by atoms with van der Waals surface area (Å²) in [5.41, 5.74) is 2.08. The van der Waals surface area contributed by atoms with E-state index in [1.54, 1.807) is 19.1 Å². The van der Waals surface area contributed by atoms with Crippen molar-refractivity contribution in [1.82, 2.24) is 20.2 Å². The van der Waals surface area contributed by atoms with E-state index in [2.05, 4.69) is 31.5 Å². The molecule has 0 bridgehead atoms. The van der Waals surface area contributed by atoms with Crippen LogP contribution in [0.1, 0.15) is 76.5 Å². The second-order valence-electron chi connectivity index (χ2n) is 13.4. The van der Waals surface area contributed by atoms with Crippen molar-refractivity contribution in [3.05, 3.63) is 47.0 Å². The monoisotopic (exact) mass is 660 g/mol. The number of methoxy groups -OCH3 is 1. The number of hydrogen-bond donors (Lipinski definition) is 2. The average Bonchev–Trinajstić information content (AvgIpc) is 3.36. The summed E-state index contributed by atoms with van der Waals surface area (Å²) in [5.74, 6) is -1.53. The van der Waals surface area contributed by atoms with Gasteiger partial charge in [0.2, 0.25) is 11.8 Å². The molecule has 5 unspecified atom stereocenters. The summed E-state index contributed by atoms with van der Waals surface area (Å²) in [6.07, 6.45) is 7.67. The summed E-state index contributed by atoms with van der Waals surface area (Å²) in [4.78, 5) is 51.7. The molecule has 1 aromatic carbocycles. The molecule has 3 aliphatic rings. The van der Waals surface area contributed by atoms with Gasteiger partial charge in [0.25, 0.3) is 0 Å². The van der Waals surface area contributed by atoms with Crippen LogP contribution in [0.25, 0.3) is 21.6 Å². The Kier molecular flexibility index (Phi) is 9.29. The fourth-order valence-electron chi connectivity index (χ4n) is 7.08. The lowest BCUT2D eigenvalue weighted by molar-refractivity contribution is -0.145. The van der Waals surface area contributed by atoms with E-state index in [1.165, 1.54) is 11.3 Å². The molecule has 3 aromatic rings. The highest BCUT2D eigenvalue weighted by Gasteiger charge is 2.61. The van der Waals surface area contributed by atoms with Gasteiger partial charge in [0.15, 0.2) is 0 Å². The van der Waals surface area contributed by atoms with Gasteiger partial charge in [-0.3, -0.25) is 9.59 Å². The van der Waals surface area contributed by atoms with Crippen LogP contribution in [-0.2, 0) is 20.8 Å². The number of thiazole rings is 1. The summed E-state index contributed by atoms with van der Waals surface area (Å²) in [7, 11) is 3.43. The van der Waals surface area contributed by atoms with E-state index >= 15 is 0 Å². The number of fused-ring (bicyclic) bond motifs is 3. The first-order valence-electron chi connectivity index (χ1n) is 16.7. The van der Waals surface area contributed by atoms with E-state index in [1.807, 2.05) is 30.4 Å². The minimum atomic E-state index is -1.33. The predicted octanol–water partition coefficient (Wildman–Crippen LogP) is 5.98. The zero-order valence-electron chi connectivity index (χ0n) is 27.7. The molecular formula is C36H44N4O6S. The Hall–Kier alpha value is -3.99. The first kappa shape index (κ1) is 32.9. The van der Waals surface area contributed by atoms with E-state index in [0.29, 0.717) is 37.3 Å². The van der Waals surface area contributed by atoms with Crippen molar-refractivity contribution in [2.45, 2.75) is 83.3 Å². The van der Waals surface area contributed by atoms with E-state index in [4.69, 9.17) is 19.4 Å². The number of aromatic nitrogens is 2. The SMILES string of the molecule is CCc1c(OC)ccc2c(OC3CC4C(=O)NC5(C(=O)O)CC5/C=C/CCCCN(C)C(=O)C4C3)cc(-c3nc(C(C)C)cs3)nc12. The lowest BCUT2D eigenvalue weighted by Gasteiger charge is -2.26. The highest BCUT2D eigenvalue weighted by Crippen LogP contribution is 2.47. The second-order valence-corrected chi connectivity index (χ2v) is 14.3. The number of aryl methyl sites for hydroxylation is 1. The molecule has 2 aliphatic carbocycles. The van der Waals surface area contributed by atoms with E-state index in [9.17, 15) is 19.5 Å². The minimum Gasteiger partial charge on any atom is -0.496 e. The van der Waals surface area contributed by atoms with Crippen LogP contribution in [0.2, 0.25) is 0 Å². The summed E-state index contributed by atoms with van der Waals surface area (Å²) < 4.78 is 12.4. The Labute approximate surface area is 279 Å². The van der Waals surface area contributed by atoms with Gasteiger partial charge in [-0.25, -0.2) is 14.8 Å². The quantitative estimate of drug-likeness (QED) is 0.296. The van der Waals surface area contributed by atoms with E-state index in [-0.39, 0.29) is 24.2 Å². The third-order valence-corrected chi connectivity index (χ3v) is 10.9. The lowest BCUT2D eigenvalue weighted by Crippen LogP contribution is -2.49. The fourth-order valence-corrected chi connectivity index (χ4v) is 8.02. The third kappa shape index (κ3) is 6.34. The summed E-state index contributed by atoms with van der Waals surface area (Å²) in [6, 6.07) is 5.76. The molecule has 2 fully saturated rings. The topological polar surface area (TPSA) is 131 Å². The number of allylic oxidation sites excluding steroid dienone is 1. The maximum absolute atomic E-state index is 13.9. The predicted molar refractivity (Wildman–Crippen MR) is 181 cm³/mol.